The van der Waals surface area contributed by atoms with Crippen LogP contribution in [0.5, 0.6) is 0 Å². The van der Waals surface area contributed by atoms with Crippen LogP contribution in [0, 0.1) is 6.92 Å². The van der Waals surface area contributed by atoms with Gasteiger partial charge >= 0.3 is 6.18 Å². The SMILES string of the molecule is Cc1ccc(C(F)(F)F)c(CI)c1. The van der Waals surface area contributed by atoms with E-state index >= 15 is 0 Å². The molecule has 1 rings (SSSR count). The molecule has 0 bridgehead atoms. The molecule has 0 saturated carbocycles. The highest BCUT2D eigenvalue weighted by Crippen LogP contribution is 2.33. The lowest BCUT2D eigenvalue weighted by Gasteiger charge is -2.11. The van der Waals surface area contributed by atoms with E-state index in [4.69, 9.17) is 0 Å². The van der Waals surface area contributed by atoms with E-state index in [1.165, 1.54) is 6.07 Å². The van der Waals surface area contributed by atoms with Crippen LogP contribution in [0.4, 0.5) is 13.2 Å². The standard InChI is InChI=1S/C9H8F3I/c1-6-2-3-8(9(10,11)12)7(4-6)5-13/h2-4H,5H2,1H3. The van der Waals surface area contributed by atoms with Gasteiger partial charge in [0.1, 0.15) is 0 Å². The first-order valence-electron chi connectivity index (χ1n) is 3.68. The van der Waals surface area contributed by atoms with E-state index in [9.17, 15) is 13.2 Å². The Hall–Kier alpha value is -0.260. The van der Waals surface area contributed by atoms with E-state index in [2.05, 4.69) is 0 Å². The second kappa shape index (κ2) is 3.86. The fourth-order valence-electron chi connectivity index (χ4n) is 1.11. The van der Waals surface area contributed by atoms with Gasteiger partial charge in [-0.25, -0.2) is 0 Å². The summed E-state index contributed by atoms with van der Waals surface area (Å²) >= 11 is 1.94. The highest BCUT2D eigenvalue weighted by molar-refractivity contribution is 14.1. The van der Waals surface area contributed by atoms with Gasteiger partial charge in [0.25, 0.3) is 0 Å². The van der Waals surface area contributed by atoms with Gasteiger partial charge < -0.3 is 0 Å². The number of hydrogen-bond acceptors (Lipinski definition) is 0. The summed E-state index contributed by atoms with van der Waals surface area (Å²) in [6.45, 7) is 1.79. The average molecular weight is 300 g/mol. The molecule has 72 valence electrons. The Bertz CT molecular complexity index is 304. The molecule has 0 aliphatic carbocycles. The third kappa shape index (κ3) is 2.59. The summed E-state index contributed by atoms with van der Waals surface area (Å²) in [5, 5.41) is 0. The van der Waals surface area contributed by atoms with Crippen LogP contribution < -0.4 is 0 Å². The molecule has 0 atom stereocenters. The van der Waals surface area contributed by atoms with Gasteiger partial charge in [-0.15, -0.1) is 0 Å². The van der Waals surface area contributed by atoms with E-state index in [-0.39, 0.29) is 0 Å². The molecular weight excluding hydrogens is 292 g/mol. The molecule has 13 heavy (non-hydrogen) atoms. The molecule has 0 radical (unpaired) electrons. The lowest BCUT2D eigenvalue weighted by molar-refractivity contribution is -0.138. The van der Waals surface area contributed by atoms with Crippen molar-refractivity contribution in [3.8, 4) is 0 Å². The minimum absolute atomic E-state index is 0.355. The first-order chi connectivity index (χ1) is 5.95. The molecule has 1 aromatic carbocycles. The highest BCUT2D eigenvalue weighted by atomic mass is 127. The van der Waals surface area contributed by atoms with Crippen molar-refractivity contribution in [2.24, 2.45) is 0 Å². The van der Waals surface area contributed by atoms with E-state index in [1.54, 1.807) is 13.0 Å². The average Bonchev–Trinajstić information content (AvgIpc) is 2.01. The zero-order valence-electron chi connectivity index (χ0n) is 6.95. The molecule has 4 heteroatoms. The molecule has 0 N–H and O–H groups in total. The van der Waals surface area contributed by atoms with Crippen molar-refractivity contribution in [1.29, 1.82) is 0 Å². The van der Waals surface area contributed by atoms with Gasteiger partial charge in [-0.3, -0.25) is 0 Å². The fourth-order valence-corrected chi connectivity index (χ4v) is 1.74. The quantitative estimate of drug-likeness (QED) is 0.544. The zero-order chi connectivity index (χ0) is 10.1. The third-order valence-corrected chi connectivity index (χ3v) is 2.53. The molecule has 0 spiro atoms. The molecule has 0 amide bonds. The smallest absolute Gasteiger partial charge is 0.166 e. The summed E-state index contributed by atoms with van der Waals surface area (Å²) in [6.07, 6.45) is -4.23. The van der Waals surface area contributed by atoms with E-state index in [0.717, 1.165) is 11.6 Å². The van der Waals surface area contributed by atoms with Gasteiger partial charge in [-0.05, 0) is 18.6 Å². The van der Waals surface area contributed by atoms with Crippen LogP contribution in [0.3, 0.4) is 0 Å². The molecule has 0 aliphatic rings. The number of rotatable bonds is 1. The van der Waals surface area contributed by atoms with Crippen molar-refractivity contribution < 1.29 is 13.2 Å². The van der Waals surface area contributed by atoms with Crippen molar-refractivity contribution in [3.63, 3.8) is 0 Å². The molecule has 0 aliphatic heterocycles. The van der Waals surface area contributed by atoms with Crippen LogP contribution in [0.15, 0.2) is 18.2 Å². The maximum Gasteiger partial charge on any atom is 0.416 e. The van der Waals surface area contributed by atoms with Crippen LogP contribution in [0.25, 0.3) is 0 Å². The Kier molecular flexibility index (Phi) is 3.21. The first-order valence-corrected chi connectivity index (χ1v) is 5.20. The number of alkyl halides is 4. The lowest BCUT2D eigenvalue weighted by atomic mass is 10.1. The predicted molar refractivity (Wildman–Crippen MR) is 53.9 cm³/mol. The minimum Gasteiger partial charge on any atom is -0.166 e. The Morgan fingerprint density at radius 3 is 2.38 bits per heavy atom. The van der Waals surface area contributed by atoms with E-state index < -0.39 is 11.7 Å². The minimum atomic E-state index is -4.23. The Morgan fingerprint density at radius 1 is 1.31 bits per heavy atom. The second-order valence-electron chi connectivity index (χ2n) is 2.79. The molecule has 0 aromatic heterocycles. The molecule has 0 nitrogen and oxygen atoms in total. The van der Waals surface area contributed by atoms with Crippen LogP contribution in [-0.2, 0) is 10.6 Å². The van der Waals surface area contributed by atoms with Gasteiger partial charge in [-0.2, -0.15) is 13.2 Å². The van der Waals surface area contributed by atoms with Crippen molar-refractivity contribution in [2.45, 2.75) is 17.5 Å². The summed E-state index contributed by atoms with van der Waals surface area (Å²) < 4.78 is 37.5. The van der Waals surface area contributed by atoms with Crippen molar-refractivity contribution in [3.05, 3.63) is 34.9 Å². The van der Waals surface area contributed by atoms with Gasteiger partial charge in [0.15, 0.2) is 0 Å². The van der Waals surface area contributed by atoms with Crippen molar-refractivity contribution in [2.75, 3.05) is 0 Å². The van der Waals surface area contributed by atoms with Crippen LogP contribution >= 0.6 is 22.6 Å². The molecule has 0 unspecified atom stereocenters. The van der Waals surface area contributed by atoms with Gasteiger partial charge in [0.05, 0.1) is 5.56 Å². The monoisotopic (exact) mass is 300 g/mol. The highest BCUT2D eigenvalue weighted by Gasteiger charge is 2.32. The predicted octanol–water partition coefficient (Wildman–Crippen LogP) is 3.95. The zero-order valence-corrected chi connectivity index (χ0v) is 9.11. The van der Waals surface area contributed by atoms with Crippen LogP contribution in [0.2, 0.25) is 0 Å². The van der Waals surface area contributed by atoms with Gasteiger partial charge in [0, 0.05) is 4.43 Å². The second-order valence-corrected chi connectivity index (χ2v) is 3.55. The maximum absolute atomic E-state index is 12.4. The molecular formula is C9H8F3I. The van der Waals surface area contributed by atoms with Crippen molar-refractivity contribution >= 4 is 22.6 Å². The normalized spacial score (nSPS) is 11.8. The summed E-state index contributed by atoms with van der Waals surface area (Å²) in [7, 11) is 0. The van der Waals surface area contributed by atoms with E-state index in [0.29, 0.717) is 9.99 Å². The third-order valence-electron chi connectivity index (χ3n) is 1.71. The summed E-state index contributed by atoms with van der Waals surface area (Å²) in [5.74, 6) is 0. The molecule has 0 saturated heterocycles. The summed E-state index contributed by atoms with van der Waals surface area (Å²) in [5.41, 5.74) is 0.695. The Labute approximate surface area is 88.3 Å². The molecule has 1 aromatic rings. The summed E-state index contributed by atoms with van der Waals surface area (Å²) in [4.78, 5) is 0. The van der Waals surface area contributed by atoms with Gasteiger partial charge in [0.2, 0.25) is 0 Å². The fraction of sp³-hybridized carbons (Fsp3) is 0.333. The Morgan fingerprint density at radius 2 is 1.92 bits per heavy atom. The largest absolute Gasteiger partial charge is 0.416 e. The van der Waals surface area contributed by atoms with Crippen LogP contribution in [0.1, 0.15) is 16.7 Å². The molecule has 0 heterocycles. The number of benzene rings is 1. The topological polar surface area (TPSA) is 0 Å². The summed E-state index contributed by atoms with van der Waals surface area (Å²) in [6, 6.07) is 4.21. The first kappa shape index (κ1) is 10.8. The Balaban J connectivity index is 3.22. The number of hydrogen-bond donors (Lipinski definition) is 0. The molecule has 0 fully saturated rings. The maximum atomic E-state index is 12.4. The van der Waals surface area contributed by atoms with Crippen molar-refractivity contribution in [1.82, 2.24) is 0 Å². The lowest BCUT2D eigenvalue weighted by Crippen LogP contribution is -2.08. The van der Waals surface area contributed by atoms with Crippen LogP contribution in [-0.4, -0.2) is 0 Å². The van der Waals surface area contributed by atoms with Gasteiger partial charge in [-0.1, -0.05) is 40.3 Å². The number of halogens is 4. The van der Waals surface area contributed by atoms with E-state index in [1.807, 2.05) is 22.6 Å². The number of aryl methyl sites for hydroxylation is 1.